The van der Waals surface area contributed by atoms with Crippen molar-refractivity contribution in [1.29, 1.82) is 0 Å². The van der Waals surface area contributed by atoms with Crippen LogP contribution in [0.1, 0.15) is 12.5 Å². The first-order valence-corrected chi connectivity index (χ1v) is 7.23. The van der Waals surface area contributed by atoms with Gasteiger partial charge in [-0.15, -0.1) is 11.8 Å². The highest BCUT2D eigenvalue weighted by Gasteiger charge is 2.17. The molecular weight excluding hydrogens is 302 g/mol. The van der Waals surface area contributed by atoms with Crippen LogP contribution in [0.2, 0.25) is 0 Å². The summed E-state index contributed by atoms with van der Waals surface area (Å²) >= 11 is 5.10. The average molecular weight is 318 g/mol. The van der Waals surface area contributed by atoms with Crippen molar-refractivity contribution < 1.29 is 9.90 Å². The molecule has 0 aliphatic carbocycles. The summed E-state index contributed by atoms with van der Waals surface area (Å²) in [6.07, 6.45) is 2.02. The lowest BCUT2D eigenvalue weighted by atomic mass is 10.2. The molecule has 0 aliphatic rings. The number of hydrogen-bond donors (Lipinski definition) is 1. The van der Waals surface area contributed by atoms with Gasteiger partial charge in [-0.1, -0.05) is 22.0 Å². The number of likely N-dealkylation sites (N-methyl/N-ethyl adjacent to an activating group) is 1. The molecule has 0 saturated carbocycles. The number of benzene rings is 1. The Bertz CT molecular complexity index is 411. The van der Waals surface area contributed by atoms with E-state index in [1.54, 1.807) is 18.7 Å². The molecule has 1 unspecified atom stereocenters. The van der Waals surface area contributed by atoms with Crippen molar-refractivity contribution in [3.05, 3.63) is 28.2 Å². The van der Waals surface area contributed by atoms with Gasteiger partial charge >= 0.3 is 5.97 Å². The monoisotopic (exact) mass is 317 g/mol. The largest absolute Gasteiger partial charge is 0.480 e. The molecule has 1 aromatic carbocycles. The number of carbonyl (C=O) groups is 1. The van der Waals surface area contributed by atoms with Gasteiger partial charge in [0, 0.05) is 15.9 Å². The zero-order chi connectivity index (χ0) is 13.0. The number of thioether (sulfide) groups is 1. The summed E-state index contributed by atoms with van der Waals surface area (Å²) < 4.78 is 1.04. The molecule has 0 saturated heterocycles. The van der Waals surface area contributed by atoms with Gasteiger partial charge in [-0.2, -0.15) is 0 Å². The molecule has 0 aromatic heterocycles. The van der Waals surface area contributed by atoms with Gasteiger partial charge in [-0.25, -0.2) is 0 Å². The Hall–Kier alpha value is -0.520. The minimum atomic E-state index is -0.796. The molecule has 3 nitrogen and oxygen atoms in total. The minimum absolute atomic E-state index is 0.478. The SMILES string of the molecule is CSc1cc(Br)ccc1CN(C)C(C)C(=O)O. The van der Waals surface area contributed by atoms with E-state index in [1.807, 2.05) is 30.3 Å². The summed E-state index contributed by atoms with van der Waals surface area (Å²) in [4.78, 5) is 13.9. The van der Waals surface area contributed by atoms with Crippen LogP contribution in [0.25, 0.3) is 0 Å². The smallest absolute Gasteiger partial charge is 0.320 e. The minimum Gasteiger partial charge on any atom is -0.480 e. The fourth-order valence-corrected chi connectivity index (χ4v) is 2.60. The second-order valence-corrected chi connectivity index (χ2v) is 5.65. The van der Waals surface area contributed by atoms with Gasteiger partial charge in [-0.05, 0) is 37.9 Å². The molecule has 0 fully saturated rings. The molecule has 1 N–H and O–H groups in total. The third-order valence-electron chi connectivity index (χ3n) is 2.69. The molecule has 0 heterocycles. The normalized spacial score (nSPS) is 12.8. The predicted molar refractivity (Wildman–Crippen MR) is 74.5 cm³/mol. The Kier molecular flexibility index (Phi) is 5.49. The summed E-state index contributed by atoms with van der Waals surface area (Å²) in [7, 11) is 1.82. The van der Waals surface area contributed by atoms with Crippen LogP contribution in [-0.2, 0) is 11.3 Å². The van der Waals surface area contributed by atoms with Crippen molar-refractivity contribution in [2.24, 2.45) is 0 Å². The lowest BCUT2D eigenvalue weighted by molar-refractivity contribution is -0.142. The molecular formula is C12H16BrNO2S. The molecule has 0 spiro atoms. The third kappa shape index (κ3) is 4.01. The van der Waals surface area contributed by atoms with Gasteiger partial charge in [0.25, 0.3) is 0 Å². The van der Waals surface area contributed by atoms with Crippen LogP contribution in [0.5, 0.6) is 0 Å². The van der Waals surface area contributed by atoms with E-state index < -0.39 is 12.0 Å². The van der Waals surface area contributed by atoms with Crippen molar-refractivity contribution in [3.63, 3.8) is 0 Å². The van der Waals surface area contributed by atoms with Gasteiger partial charge < -0.3 is 5.11 Å². The first-order chi connectivity index (χ1) is 7.95. The standard InChI is InChI=1S/C12H16BrNO2S/c1-8(12(15)16)14(2)7-9-4-5-10(13)6-11(9)17-3/h4-6,8H,7H2,1-3H3,(H,15,16). The Balaban J connectivity index is 2.84. The maximum absolute atomic E-state index is 10.9. The fourth-order valence-electron chi connectivity index (χ4n) is 1.44. The van der Waals surface area contributed by atoms with Crippen LogP contribution in [-0.4, -0.2) is 35.3 Å². The highest BCUT2D eigenvalue weighted by Crippen LogP contribution is 2.25. The van der Waals surface area contributed by atoms with Gasteiger partial charge in [0.15, 0.2) is 0 Å². The van der Waals surface area contributed by atoms with E-state index in [-0.39, 0.29) is 0 Å². The lowest BCUT2D eigenvalue weighted by Gasteiger charge is -2.22. The number of aliphatic carboxylic acids is 1. The highest BCUT2D eigenvalue weighted by atomic mass is 79.9. The van der Waals surface area contributed by atoms with E-state index in [0.29, 0.717) is 6.54 Å². The van der Waals surface area contributed by atoms with E-state index in [4.69, 9.17) is 5.11 Å². The van der Waals surface area contributed by atoms with E-state index >= 15 is 0 Å². The molecule has 0 aliphatic heterocycles. The topological polar surface area (TPSA) is 40.5 Å². The summed E-state index contributed by atoms with van der Waals surface area (Å²) in [5, 5.41) is 8.95. The summed E-state index contributed by atoms with van der Waals surface area (Å²) in [5.41, 5.74) is 1.15. The number of carboxylic acids is 1. The van der Waals surface area contributed by atoms with Crippen molar-refractivity contribution in [2.75, 3.05) is 13.3 Å². The molecule has 17 heavy (non-hydrogen) atoms. The number of carboxylic acid groups (broad SMARTS) is 1. The predicted octanol–water partition coefficient (Wildman–Crippen LogP) is 3.08. The fraction of sp³-hybridized carbons (Fsp3) is 0.417. The van der Waals surface area contributed by atoms with Crippen LogP contribution in [0.3, 0.4) is 0 Å². The Morgan fingerprint density at radius 1 is 1.59 bits per heavy atom. The molecule has 1 rings (SSSR count). The first kappa shape index (κ1) is 14.5. The first-order valence-electron chi connectivity index (χ1n) is 5.21. The van der Waals surface area contributed by atoms with Crippen LogP contribution in [0.15, 0.2) is 27.6 Å². The van der Waals surface area contributed by atoms with E-state index in [9.17, 15) is 4.79 Å². The lowest BCUT2D eigenvalue weighted by Crippen LogP contribution is -2.35. The zero-order valence-corrected chi connectivity index (χ0v) is 12.5. The summed E-state index contributed by atoms with van der Waals surface area (Å²) in [6.45, 7) is 2.33. The van der Waals surface area contributed by atoms with Crippen molar-refractivity contribution >= 4 is 33.7 Å². The molecule has 0 bridgehead atoms. The number of hydrogen-bond acceptors (Lipinski definition) is 3. The molecule has 5 heteroatoms. The molecule has 0 amide bonds. The summed E-state index contributed by atoms with van der Waals surface area (Å²) in [6, 6.07) is 5.59. The van der Waals surface area contributed by atoms with Crippen molar-refractivity contribution in [2.45, 2.75) is 24.4 Å². The number of nitrogens with zero attached hydrogens (tertiary/aromatic N) is 1. The highest BCUT2D eigenvalue weighted by molar-refractivity contribution is 9.10. The van der Waals surface area contributed by atoms with Gasteiger partial charge in [-0.3, -0.25) is 9.69 Å². The summed E-state index contributed by atoms with van der Waals surface area (Å²) in [5.74, 6) is -0.796. The van der Waals surface area contributed by atoms with Gasteiger partial charge in [0.1, 0.15) is 6.04 Å². The Labute approximate surface area is 114 Å². The van der Waals surface area contributed by atoms with Gasteiger partial charge in [0.2, 0.25) is 0 Å². The maximum Gasteiger partial charge on any atom is 0.320 e. The Morgan fingerprint density at radius 3 is 2.76 bits per heavy atom. The van der Waals surface area contributed by atoms with Crippen LogP contribution in [0.4, 0.5) is 0 Å². The van der Waals surface area contributed by atoms with Crippen LogP contribution >= 0.6 is 27.7 Å². The second-order valence-electron chi connectivity index (χ2n) is 3.89. The van der Waals surface area contributed by atoms with E-state index in [0.717, 1.165) is 10.0 Å². The number of halogens is 1. The number of rotatable bonds is 5. The average Bonchev–Trinajstić information content (AvgIpc) is 2.30. The van der Waals surface area contributed by atoms with E-state index in [1.165, 1.54) is 4.90 Å². The second kappa shape index (κ2) is 6.42. The Morgan fingerprint density at radius 2 is 2.24 bits per heavy atom. The van der Waals surface area contributed by atoms with E-state index in [2.05, 4.69) is 22.0 Å². The van der Waals surface area contributed by atoms with Gasteiger partial charge in [0.05, 0.1) is 0 Å². The molecule has 94 valence electrons. The van der Waals surface area contributed by atoms with Crippen LogP contribution < -0.4 is 0 Å². The molecule has 1 aromatic rings. The molecule has 1 atom stereocenters. The van der Waals surface area contributed by atoms with Crippen molar-refractivity contribution in [3.8, 4) is 0 Å². The zero-order valence-electron chi connectivity index (χ0n) is 10.1. The third-order valence-corrected chi connectivity index (χ3v) is 4.00. The van der Waals surface area contributed by atoms with Crippen molar-refractivity contribution in [1.82, 2.24) is 4.90 Å². The quantitative estimate of drug-likeness (QED) is 0.847. The maximum atomic E-state index is 10.9. The molecule has 0 radical (unpaired) electrons. The van der Waals surface area contributed by atoms with Crippen LogP contribution in [0, 0.1) is 0 Å².